The summed E-state index contributed by atoms with van der Waals surface area (Å²) >= 11 is 0. The Hall–Kier alpha value is -2.84. The third kappa shape index (κ3) is 4.66. The molecule has 0 saturated heterocycles. The fourth-order valence-electron chi connectivity index (χ4n) is 4.63. The summed E-state index contributed by atoms with van der Waals surface area (Å²) in [7, 11) is 1.92. The van der Waals surface area contributed by atoms with Crippen LogP contribution in [0.15, 0.2) is 17.5 Å². The Morgan fingerprint density at radius 1 is 1.16 bits per heavy atom. The summed E-state index contributed by atoms with van der Waals surface area (Å²) in [5.74, 6) is 2.86. The Bertz CT molecular complexity index is 963. The highest BCUT2D eigenvalue weighted by Gasteiger charge is 2.27. The highest BCUT2D eigenvalue weighted by molar-refractivity contribution is 5.80. The van der Waals surface area contributed by atoms with Crippen molar-refractivity contribution in [3.05, 3.63) is 23.8 Å². The van der Waals surface area contributed by atoms with Gasteiger partial charge in [-0.15, -0.1) is 0 Å². The molecular weight excluding hydrogens is 406 g/mol. The largest absolute Gasteiger partial charge is 0.487 e. The Morgan fingerprint density at radius 2 is 2.00 bits per heavy atom. The standard InChI is InChI=1S/C23H33N7O2/c1-15-20(31-17-9-4-3-5-10-17)14-24-22(27-15)18-12-26-30(2)19(18)13-25-23-28-21(32-29-23)11-16-7-6-8-16/h12,14,16-17,21H,3-11,13H2,1-2H3,(H2,25,28,29). The Labute approximate surface area is 189 Å². The molecule has 3 heterocycles. The molecule has 2 aromatic heterocycles. The second-order valence-electron chi connectivity index (χ2n) is 9.21. The van der Waals surface area contributed by atoms with Crippen molar-refractivity contribution in [2.75, 3.05) is 0 Å². The van der Waals surface area contributed by atoms with Crippen LogP contribution in [-0.4, -0.2) is 38.0 Å². The molecule has 0 radical (unpaired) electrons. The first-order valence-corrected chi connectivity index (χ1v) is 11.9. The van der Waals surface area contributed by atoms with Crippen molar-refractivity contribution in [1.29, 1.82) is 0 Å². The number of hydrogen-bond donors (Lipinski definition) is 2. The molecular formula is C23H33N7O2. The molecule has 0 amide bonds. The average molecular weight is 440 g/mol. The summed E-state index contributed by atoms with van der Waals surface area (Å²) in [6.45, 7) is 2.52. The number of guanidine groups is 1. The van der Waals surface area contributed by atoms with Crippen LogP contribution in [0.2, 0.25) is 0 Å². The van der Waals surface area contributed by atoms with Crippen LogP contribution in [0.4, 0.5) is 0 Å². The van der Waals surface area contributed by atoms with E-state index in [1.54, 1.807) is 6.20 Å². The Kier molecular flexibility index (Phi) is 6.14. The number of nitrogens with zero attached hydrogens (tertiary/aromatic N) is 5. The Morgan fingerprint density at radius 3 is 2.75 bits per heavy atom. The zero-order valence-electron chi connectivity index (χ0n) is 19.0. The van der Waals surface area contributed by atoms with Crippen LogP contribution in [0.25, 0.3) is 11.4 Å². The summed E-state index contributed by atoms with van der Waals surface area (Å²) in [5.41, 5.74) is 2.74. The van der Waals surface area contributed by atoms with E-state index in [1.165, 1.54) is 38.5 Å². The maximum absolute atomic E-state index is 6.18. The van der Waals surface area contributed by atoms with Gasteiger partial charge in [0.25, 0.3) is 0 Å². The third-order valence-corrected chi connectivity index (χ3v) is 6.85. The number of nitrogens with one attached hydrogen (secondary N) is 2. The smallest absolute Gasteiger partial charge is 0.236 e. The van der Waals surface area contributed by atoms with E-state index in [4.69, 9.17) is 14.6 Å². The minimum absolute atomic E-state index is 0.0310. The van der Waals surface area contributed by atoms with Gasteiger partial charge in [0.05, 0.1) is 42.0 Å². The van der Waals surface area contributed by atoms with Crippen molar-refractivity contribution in [1.82, 2.24) is 30.4 Å². The molecule has 9 heteroatoms. The van der Waals surface area contributed by atoms with Gasteiger partial charge in [-0.1, -0.05) is 25.7 Å². The van der Waals surface area contributed by atoms with Gasteiger partial charge in [-0.25, -0.2) is 9.97 Å². The van der Waals surface area contributed by atoms with E-state index in [9.17, 15) is 0 Å². The monoisotopic (exact) mass is 439 g/mol. The zero-order chi connectivity index (χ0) is 21.9. The molecule has 2 aliphatic carbocycles. The van der Waals surface area contributed by atoms with Gasteiger partial charge in [0.1, 0.15) is 0 Å². The highest BCUT2D eigenvalue weighted by atomic mass is 16.7. The van der Waals surface area contributed by atoms with Crippen molar-refractivity contribution in [2.45, 2.75) is 83.6 Å². The second kappa shape index (κ2) is 9.34. The molecule has 1 atom stereocenters. The van der Waals surface area contributed by atoms with E-state index in [0.29, 0.717) is 18.3 Å². The van der Waals surface area contributed by atoms with Crippen molar-refractivity contribution >= 4 is 5.96 Å². The number of rotatable bonds is 7. The average Bonchev–Trinajstić information content (AvgIpc) is 3.37. The minimum Gasteiger partial charge on any atom is -0.487 e. The number of aromatic nitrogens is 4. The Balaban J connectivity index is 1.22. The van der Waals surface area contributed by atoms with E-state index in [0.717, 1.165) is 47.9 Å². The van der Waals surface area contributed by atoms with Gasteiger partial charge in [0.15, 0.2) is 17.8 Å². The molecule has 1 unspecified atom stereocenters. The summed E-state index contributed by atoms with van der Waals surface area (Å²) in [4.78, 5) is 14.9. The van der Waals surface area contributed by atoms with Crippen LogP contribution in [-0.2, 0) is 18.4 Å². The second-order valence-corrected chi connectivity index (χ2v) is 9.21. The summed E-state index contributed by atoms with van der Waals surface area (Å²) in [6, 6.07) is 0. The van der Waals surface area contributed by atoms with E-state index in [-0.39, 0.29) is 12.3 Å². The lowest BCUT2D eigenvalue weighted by Gasteiger charge is -2.26. The maximum Gasteiger partial charge on any atom is 0.236 e. The quantitative estimate of drug-likeness (QED) is 0.682. The molecule has 0 bridgehead atoms. The van der Waals surface area contributed by atoms with E-state index >= 15 is 0 Å². The summed E-state index contributed by atoms with van der Waals surface area (Å²) < 4.78 is 8.02. The molecule has 9 nitrogen and oxygen atoms in total. The van der Waals surface area contributed by atoms with Crippen molar-refractivity contribution in [2.24, 2.45) is 18.1 Å². The van der Waals surface area contributed by atoms with Gasteiger partial charge in [-0.05, 0) is 43.7 Å². The fourth-order valence-corrected chi connectivity index (χ4v) is 4.63. The van der Waals surface area contributed by atoms with Crippen LogP contribution in [0.3, 0.4) is 0 Å². The molecule has 32 heavy (non-hydrogen) atoms. The molecule has 1 aliphatic heterocycles. The van der Waals surface area contributed by atoms with Crippen LogP contribution in [0.1, 0.15) is 69.2 Å². The third-order valence-electron chi connectivity index (χ3n) is 6.85. The lowest BCUT2D eigenvalue weighted by molar-refractivity contribution is 0.0422. The molecule has 2 N–H and O–H groups in total. The minimum atomic E-state index is -0.0310. The lowest BCUT2D eigenvalue weighted by atomic mass is 9.82. The molecule has 0 aromatic carbocycles. The van der Waals surface area contributed by atoms with Gasteiger partial charge in [0, 0.05) is 13.5 Å². The fraction of sp³-hybridized carbons (Fsp3) is 0.652. The predicted octanol–water partition coefficient (Wildman–Crippen LogP) is 3.39. The van der Waals surface area contributed by atoms with Gasteiger partial charge in [0.2, 0.25) is 5.96 Å². The van der Waals surface area contributed by atoms with Crippen LogP contribution >= 0.6 is 0 Å². The van der Waals surface area contributed by atoms with Gasteiger partial charge < -0.3 is 20.2 Å². The predicted molar refractivity (Wildman–Crippen MR) is 121 cm³/mol. The van der Waals surface area contributed by atoms with Crippen molar-refractivity contribution in [3.8, 4) is 17.1 Å². The number of aryl methyl sites for hydroxylation is 2. The van der Waals surface area contributed by atoms with Crippen molar-refractivity contribution in [3.63, 3.8) is 0 Å². The van der Waals surface area contributed by atoms with E-state index in [1.807, 2.05) is 24.9 Å². The number of hydrogen-bond acceptors (Lipinski definition) is 8. The zero-order valence-corrected chi connectivity index (χ0v) is 19.0. The molecule has 2 fully saturated rings. The normalized spacial score (nSPS) is 21.4. The van der Waals surface area contributed by atoms with Gasteiger partial charge in [-0.3, -0.25) is 4.68 Å². The number of ether oxygens (including phenoxy) is 1. The summed E-state index contributed by atoms with van der Waals surface area (Å²) in [6.07, 6.45) is 14.8. The van der Waals surface area contributed by atoms with Gasteiger partial charge in [-0.2, -0.15) is 5.10 Å². The summed E-state index contributed by atoms with van der Waals surface area (Å²) in [5, 5.41) is 15.2. The molecule has 0 spiro atoms. The highest BCUT2D eigenvalue weighted by Crippen LogP contribution is 2.31. The number of oxime groups is 1. The molecule has 5 rings (SSSR count). The topological polar surface area (TPSA) is 98.5 Å². The molecule has 2 saturated carbocycles. The first-order chi connectivity index (χ1) is 15.7. The van der Waals surface area contributed by atoms with Crippen LogP contribution < -0.4 is 15.4 Å². The lowest BCUT2D eigenvalue weighted by Crippen LogP contribution is -2.40. The SMILES string of the molecule is Cc1nc(-c2cnn(C)c2CNC2=NOC(CC3CCC3)N2)ncc1OC1CCCCC1. The first kappa shape index (κ1) is 21.0. The van der Waals surface area contributed by atoms with Crippen molar-refractivity contribution < 1.29 is 9.57 Å². The van der Waals surface area contributed by atoms with Crippen LogP contribution in [0.5, 0.6) is 5.75 Å². The van der Waals surface area contributed by atoms with Crippen LogP contribution in [0, 0.1) is 12.8 Å². The first-order valence-electron chi connectivity index (χ1n) is 11.9. The molecule has 172 valence electrons. The molecule has 3 aliphatic rings. The maximum atomic E-state index is 6.18. The van der Waals surface area contributed by atoms with Gasteiger partial charge >= 0.3 is 0 Å². The van der Waals surface area contributed by atoms with E-state index < -0.39 is 0 Å². The van der Waals surface area contributed by atoms with E-state index in [2.05, 4.69) is 25.9 Å². The molecule has 2 aromatic rings.